The van der Waals surface area contributed by atoms with Crippen LogP contribution in [0.1, 0.15) is 17.3 Å². The van der Waals surface area contributed by atoms with E-state index >= 15 is 0 Å². The molecule has 1 aromatic heterocycles. The Kier molecular flexibility index (Phi) is 6.03. The highest BCUT2D eigenvalue weighted by molar-refractivity contribution is 5.95. The summed E-state index contributed by atoms with van der Waals surface area (Å²) in [5.41, 5.74) is 0.436. The van der Waals surface area contributed by atoms with E-state index in [9.17, 15) is 18.4 Å². The molecule has 3 rings (SSSR count). The first kappa shape index (κ1) is 19.5. The smallest absolute Gasteiger partial charge is 0.409 e. The zero-order valence-electron chi connectivity index (χ0n) is 15.3. The van der Waals surface area contributed by atoms with E-state index in [-0.39, 0.29) is 23.5 Å². The van der Waals surface area contributed by atoms with E-state index in [2.05, 4.69) is 10.3 Å². The number of benzene rings is 1. The first-order chi connectivity index (χ1) is 13.5. The molecule has 1 N–H and O–H groups in total. The number of amides is 2. The molecule has 1 aliphatic rings. The maximum absolute atomic E-state index is 13.8. The fourth-order valence-electron chi connectivity index (χ4n) is 2.85. The van der Waals surface area contributed by atoms with Crippen molar-refractivity contribution in [1.29, 1.82) is 0 Å². The molecule has 0 saturated carbocycles. The molecule has 1 saturated heterocycles. The van der Waals surface area contributed by atoms with E-state index in [4.69, 9.17) is 4.74 Å². The van der Waals surface area contributed by atoms with Crippen LogP contribution in [0, 0.1) is 11.6 Å². The molecule has 28 heavy (non-hydrogen) atoms. The Morgan fingerprint density at radius 3 is 2.50 bits per heavy atom. The number of halogens is 2. The summed E-state index contributed by atoms with van der Waals surface area (Å²) >= 11 is 0. The van der Waals surface area contributed by atoms with Crippen LogP contribution in [0.5, 0.6) is 0 Å². The number of rotatable bonds is 4. The number of hydrogen-bond acceptors (Lipinski definition) is 5. The Morgan fingerprint density at radius 1 is 1.11 bits per heavy atom. The summed E-state index contributed by atoms with van der Waals surface area (Å²) in [5, 5.41) is 2.74. The predicted molar refractivity (Wildman–Crippen MR) is 98.4 cm³/mol. The zero-order chi connectivity index (χ0) is 20.1. The number of anilines is 2. The van der Waals surface area contributed by atoms with Crippen LogP contribution >= 0.6 is 0 Å². The average Bonchev–Trinajstić information content (AvgIpc) is 2.70. The van der Waals surface area contributed by atoms with Crippen LogP contribution in [0.2, 0.25) is 0 Å². The lowest BCUT2D eigenvalue weighted by atomic mass is 10.2. The number of carbonyl (C=O) groups is 2. The molecule has 0 radical (unpaired) electrons. The van der Waals surface area contributed by atoms with Crippen LogP contribution in [0.15, 0.2) is 36.5 Å². The number of ether oxygens (including phenoxy) is 1. The highest BCUT2D eigenvalue weighted by Crippen LogP contribution is 2.20. The molecule has 148 valence electrons. The summed E-state index contributed by atoms with van der Waals surface area (Å²) in [5.74, 6) is -1.38. The molecule has 0 spiro atoms. The summed E-state index contributed by atoms with van der Waals surface area (Å²) in [6, 6.07) is 6.22. The van der Waals surface area contributed by atoms with Crippen molar-refractivity contribution in [1.82, 2.24) is 14.8 Å². The van der Waals surface area contributed by atoms with Crippen LogP contribution in [-0.2, 0) is 4.74 Å². The van der Waals surface area contributed by atoms with E-state index in [1.807, 2.05) is 0 Å². The number of nitrogens with zero attached hydrogens (tertiary/aromatic N) is 3. The van der Waals surface area contributed by atoms with Gasteiger partial charge in [0.15, 0.2) is 0 Å². The Morgan fingerprint density at radius 2 is 1.82 bits per heavy atom. The van der Waals surface area contributed by atoms with Crippen LogP contribution in [0.3, 0.4) is 0 Å². The highest BCUT2D eigenvalue weighted by Gasteiger charge is 2.25. The van der Waals surface area contributed by atoms with Crippen molar-refractivity contribution in [2.24, 2.45) is 0 Å². The second kappa shape index (κ2) is 8.64. The van der Waals surface area contributed by atoms with Crippen molar-refractivity contribution in [2.75, 3.05) is 38.1 Å². The molecule has 0 aliphatic carbocycles. The van der Waals surface area contributed by atoms with Crippen LogP contribution < -0.4 is 5.32 Å². The number of carbonyl (C=O) groups excluding carboxylic acids is 2. The Hall–Kier alpha value is -3.23. The molecule has 2 heterocycles. The molecule has 0 atom stereocenters. The molecule has 1 fully saturated rings. The fraction of sp³-hybridized carbons (Fsp3) is 0.316. The van der Waals surface area contributed by atoms with Gasteiger partial charge in [0.1, 0.15) is 17.5 Å². The third-order valence-electron chi connectivity index (χ3n) is 4.29. The molecule has 2 amide bonds. The molecular weight excluding hydrogens is 370 g/mol. The van der Waals surface area contributed by atoms with Crippen molar-refractivity contribution in [3.8, 4) is 0 Å². The summed E-state index contributed by atoms with van der Waals surface area (Å²) in [6.07, 6.45) is 1.05. The SMILES string of the molecule is CCOC(=O)N1CCN(C(=O)c2ccnc(Nc3ccc(F)cc3F)c2)CC1. The number of piperazine rings is 1. The number of aromatic nitrogens is 1. The number of nitrogens with one attached hydrogen (secondary N) is 1. The van der Waals surface area contributed by atoms with Gasteiger partial charge in [0, 0.05) is 44.0 Å². The minimum Gasteiger partial charge on any atom is -0.450 e. The molecule has 7 nitrogen and oxygen atoms in total. The Bertz CT molecular complexity index is 870. The van der Waals surface area contributed by atoms with E-state index in [1.165, 1.54) is 18.3 Å². The van der Waals surface area contributed by atoms with Gasteiger partial charge in [0.25, 0.3) is 5.91 Å². The van der Waals surface area contributed by atoms with Crippen molar-refractivity contribution >= 4 is 23.5 Å². The van der Waals surface area contributed by atoms with Gasteiger partial charge in [-0.25, -0.2) is 18.6 Å². The maximum atomic E-state index is 13.8. The number of pyridine rings is 1. The van der Waals surface area contributed by atoms with Gasteiger partial charge in [0.2, 0.25) is 0 Å². The minimum absolute atomic E-state index is 0.0570. The van der Waals surface area contributed by atoms with E-state index < -0.39 is 11.6 Å². The third-order valence-corrected chi connectivity index (χ3v) is 4.29. The van der Waals surface area contributed by atoms with Crippen molar-refractivity contribution in [2.45, 2.75) is 6.92 Å². The summed E-state index contributed by atoms with van der Waals surface area (Å²) in [4.78, 5) is 31.7. The highest BCUT2D eigenvalue weighted by atomic mass is 19.1. The molecular formula is C19H20F2N4O3. The van der Waals surface area contributed by atoms with Gasteiger partial charge in [0.05, 0.1) is 12.3 Å². The van der Waals surface area contributed by atoms with Crippen LogP contribution in [-0.4, -0.2) is 59.6 Å². The van der Waals surface area contributed by atoms with Crippen LogP contribution in [0.25, 0.3) is 0 Å². The van der Waals surface area contributed by atoms with Gasteiger partial charge in [-0.15, -0.1) is 0 Å². The lowest BCUT2D eigenvalue weighted by molar-refractivity contribution is 0.0570. The Balaban J connectivity index is 1.65. The van der Waals surface area contributed by atoms with Gasteiger partial charge in [-0.2, -0.15) is 0 Å². The third kappa shape index (κ3) is 4.54. The number of hydrogen-bond donors (Lipinski definition) is 1. The predicted octanol–water partition coefficient (Wildman–Crippen LogP) is 3.02. The van der Waals surface area contributed by atoms with E-state index in [0.29, 0.717) is 38.3 Å². The second-order valence-electron chi connectivity index (χ2n) is 6.16. The van der Waals surface area contributed by atoms with Gasteiger partial charge in [-0.05, 0) is 31.2 Å². The normalized spacial score (nSPS) is 14.0. The van der Waals surface area contributed by atoms with Crippen LogP contribution in [0.4, 0.5) is 25.1 Å². The molecule has 2 aromatic rings. The zero-order valence-corrected chi connectivity index (χ0v) is 15.3. The van der Waals surface area contributed by atoms with E-state index in [1.54, 1.807) is 22.8 Å². The van der Waals surface area contributed by atoms with E-state index in [0.717, 1.165) is 12.1 Å². The summed E-state index contributed by atoms with van der Waals surface area (Å²) in [7, 11) is 0. The van der Waals surface area contributed by atoms with Crippen molar-refractivity contribution in [3.05, 3.63) is 53.7 Å². The maximum Gasteiger partial charge on any atom is 0.409 e. The van der Waals surface area contributed by atoms with Crippen molar-refractivity contribution in [3.63, 3.8) is 0 Å². The summed E-state index contributed by atoms with van der Waals surface area (Å²) < 4.78 is 31.8. The molecule has 0 bridgehead atoms. The van der Waals surface area contributed by atoms with Gasteiger partial charge >= 0.3 is 6.09 Å². The monoisotopic (exact) mass is 390 g/mol. The molecule has 9 heteroatoms. The quantitative estimate of drug-likeness (QED) is 0.869. The second-order valence-corrected chi connectivity index (χ2v) is 6.16. The Labute approximate surface area is 160 Å². The summed E-state index contributed by atoms with van der Waals surface area (Å²) in [6.45, 7) is 3.59. The largest absolute Gasteiger partial charge is 0.450 e. The first-order valence-electron chi connectivity index (χ1n) is 8.87. The first-order valence-corrected chi connectivity index (χ1v) is 8.87. The standard InChI is InChI=1S/C19H20F2N4O3/c1-2-28-19(27)25-9-7-24(8-10-25)18(26)13-5-6-22-17(11-13)23-16-4-3-14(20)12-15(16)21/h3-6,11-12H,2,7-10H2,1H3,(H,22,23). The molecule has 1 aromatic carbocycles. The van der Waals surface area contributed by atoms with Gasteiger partial charge in [-0.3, -0.25) is 4.79 Å². The van der Waals surface area contributed by atoms with Gasteiger partial charge < -0.3 is 19.9 Å². The molecule has 1 aliphatic heterocycles. The lowest BCUT2D eigenvalue weighted by Gasteiger charge is -2.34. The lowest BCUT2D eigenvalue weighted by Crippen LogP contribution is -2.50. The average molecular weight is 390 g/mol. The van der Waals surface area contributed by atoms with Crippen molar-refractivity contribution < 1.29 is 23.1 Å². The molecule has 0 unspecified atom stereocenters. The fourth-order valence-corrected chi connectivity index (χ4v) is 2.85. The minimum atomic E-state index is -0.756. The topological polar surface area (TPSA) is 74.8 Å². The van der Waals surface area contributed by atoms with Gasteiger partial charge in [-0.1, -0.05) is 0 Å².